The minimum absolute atomic E-state index is 0.373. The van der Waals surface area contributed by atoms with Crippen LogP contribution in [0.25, 0.3) is 0 Å². The summed E-state index contributed by atoms with van der Waals surface area (Å²) in [6.45, 7) is 4.27. The number of nitro groups is 1. The van der Waals surface area contributed by atoms with Gasteiger partial charge in [0.1, 0.15) is 0 Å². The van der Waals surface area contributed by atoms with Crippen molar-refractivity contribution >= 4 is 15.7 Å². The molecule has 1 N–H and O–H groups in total. The van der Waals surface area contributed by atoms with Crippen molar-refractivity contribution in [1.82, 2.24) is 9.62 Å². The Hall–Kier alpha value is -1.58. The molecule has 7 nitrogen and oxygen atoms in total. The van der Waals surface area contributed by atoms with Crippen molar-refractivity contribution < 1.29 is 17.7 Å². The Morgan fingerprint density at radius 1 is 1.33 bits per heavy atom. The summed E-state index contributed by atoms with van der Waals surface area (Å²) in [6, 6.07) is 2.36. The second kappa shape index (κ2) is 5.66. The van der Waals surface area contributed by atoms with E-state index in [0.717, 1.165) is 18.2 Å². The molecule has 2 unspecified atom stereocenters. The molecular formula is C12H16FN3O4S. The maximum atomic E-state index is 13.7. The summed E-state index contributed by atoms with van der Waals surface area (Å²) in [5, 5.41) is 14.1. The van der Waals surface area contributed by atoms with Crippen molar-refractivity contribution in [1.29, 1.82) is 0 Å². The highest BCUT2D eigenvalue weighted by Crippen LogP contribution is 2.31. The van der Waals surface area contributed by atoms with Gasteiger partial charge in [-0.2, -0.15) is 8.70 Å². The second-order valence-corrected chi connectivity index (χ2v) is 6.85. The van der Waals surface area contributed by atoms with E-state index in [4.69, 9.17) is 0 Å². The van der Waals surface area contributed by atoms with Crippen molar-refractivity contribution in [2.45, 2.75) is 30.8 Å². The molecule has 1 saturated heterocycles. The fourth-order valence-electron chi connectivity index (χ4n) is 2.58. The number of para-hydroxylation sites is 1. The van der Waals surface area contributed by atoms with Crippen LogP contribution >= 0.6 is 0 Å². The lowest BCUT2D eigenvalue weighted by molar-refractivity contribution is -0.390. The molecule has 0 aromatic heterocycles. The first kappa shape index (κ1) is 15.8. The molecule has 0 saturated carbocycles. The lowest BCUT2D eigenvalue weighted by Gasteiger charge is -2.37. The normalized spacial score (nSPS) is 24.0. The van der Waals surface area contributed by atoms with Crippen molar-refractivity contribution in [2.24, 2.45) is 0 Å². The number of benzene rings is 1. The van der Waals surface area contributed by atoms with Gasteiger partial charge in [0.25, 0.3) is 10.0 Å². The molecule has 1 fully saturated rings. The number of halogens is 1. The van der Waals surface area contributed by atoms with Crippen LogP contribution in [0.5, 0.6) is 0 Å². The lowest BCUT2D eigenvalue weighted by atomic mass is 10.2. The van der Waals surface area contributed by atoms with Gasteiger partial charge >= 0.3 is 5.69 Å². The molecule has 9 heteroatoms. The molecule has 2 atom stereocenters. The maximum Gasteiger partial charge on any atom is 0.324 e. The van der Waals surface area contributed by atoms with E-state index in [9.17, 15) is 22.9 Å². The van der Waals surface area contributed by atoms with Crippen LogP contribution in [0.1, 0.15) is 13.8 Å². The first-order chi connectivity index (χ1) is 9.76. The van der Waals surface area contributed by atoms with Gasteiger partial charge in [0, 0.05) is 25.2 Å². The molecule has 0 amide bonds. The highest BCUT2D eigenvalue weighted by atomic mass is 32.2. The molecule has 2 rings (SSSR count). The Kier molecular flexibility index (Phi) is 4.26. The van der Waals surface area contributed by atoms with E-state index < -0.39 is 31.3 Å². The first-order valence-corrected chi connectivity index (χ1v) is 7.88. The number of sulfonamides is 1. The van der Waals surface area contributed by atoms with Gasteiger partial charge in [0.2, 0.25) is 5.82 Å². The van der Waals surface area contributed by atoms with Crippen LogP contribution in [0, 0.1) is 15.9 Å². The van der Waals surface area contributed by atoms with Gasteiger partial charge in [-0.1, -0.05) is 6.07 Å². The first-order valence-electron chi connectivity index (χ1n) is 6.44. The van der Waals surface area contributed by atoms with Crippen molar-refractivity contribution in [2.75, 3.05) is 13.1 Å². The lowest BCUT2D eigenvalue weighted by Crippen LogP contribution is -2.57. The number of hydrogen-bond donors (Lipinski definition) is 1. The van der Waals surface area contributed by atoms with E-state index in [2.05, 4.69) is 5.32 Å². The zero-order chi connectivity index (χ0) is 15.8. The summed E-state index contributed by atoms with van der Waals surface area (Å²) < 4.78 is 40.3. The average Bonchev–Trinajstić information content (AvgIpc) is 2.37. The van der Waals surface area contributed by atoms with E-state index in [1.807, 2.05) is 0 Å². The number of hydrogen-bond acceptors (Lipinski definition) is 5. The van der Waals surface area contributed by atoms with Gasteiger partial charge in [0.05, 0.1) is 4.92 Å². The summed E-state index contributed by atoms with van der Waals surface area (Å²) >= 11 is 0. The van der Waals surface area contributed by atoms with E-state index in [-0.39, 0.29) is 12.1 Å². The standard InChI is InChI=1S/C12H16FN3O4S/c1-8-6-14-7-9(2)15(8)21(19,20)11-5-3-4-10(13)12(11)16(17)18/h3-5,8-9,14H,6-7H2,1-2H3. The third kappa shape index (κ3) is 2.76. The van der Waals surface area contributed by atoms with Crippen LogP contribution < -0.4 is 5.32 Å². The fraction of sp³-hybridized carbons (Fsp3) is 0.500. The molecule has 0 radical (unpaired) electrons. The fourth-order valence-corrected chi connectivity index (χ4v) is 4.57. The largest absolute Gasteiger partial charge is 0.324 e. The van der Waals surface area contributed by atoms with Gasteiger partial charge < -0.3 is 5.32 Å². The van der Waals surface area contributed by atoms with E-state index in [1.165, 1.54) is 4.31 Å². The Balaban J connectivity index is 2.59. The molecule has 1 aromatic rings. The number of piperazine rings is 1. The topological polar surface area (TPSA) is 92.6 Å². The van der Waals surface area contributed by atoms with Gasteiger partial charge in [-0.3, -0.25) is 10.1 Å². The van der Waals surface area contributed by atoms with Crippen LogP contribution in [-0.4, -0.2) is 42.8 Å². The van der Waals surface area contributed by atoms with Crippen LogP contribution in [0.2, 0.25) is 0 Å². The molecule has 1 heterocycles. The summed E-state index contributed by atoms with van der Waals surface area (Å²) in [7, 11) is -4.15. The Labute approximate surface area is 122 Å². The molecule has 1 aliphatic heterocycles. The van der Waals surface area contributed by atoms with Gasteiger partial charge in [-0.15, -0.1) is 0 Å². The van der Waals surface area contributed by atoms with Crippen molar-refractivity contribution in [3.8, 4) is 0 Å². The second-order valence-electron chi connectivity index (χ2n) is 5.03. The molecule has 0 aliphatic carbocycles. The molecule has 1 aromatic carbocycles. The van der Waals surface area contributed by atoms with Crippen LogP contribution in [0.15, 0.2) is 23.1 Å². The molecule has 0 bridgehead atoms. The molecule has 0 spiro atoms. The Morgan fingerprint density at radius 3 is 2.43 bits per heavy atom. The number of nitro benzene ring substituents is 1. The quantitative estimate of drug-likeness (QED) is 0.666. The van der Waals surface area contributed by atoms with Crippen LogP contribution in [0.4, 0.5) is 10.1 Å². The van der Waals surface area contributed by atoms with E-state index in [1.54, 1.807) is 13.8 Å². The Morgan fingerprint density at radius 2 is 1.90 bits per heavy atom. The monoisotopic (exact) mass is 317 g/mol. The predicted octanol–water partition coefficient (Wildman–Crippen LogP) is 1.10. The van der Waals surface area contributed by atoms with Gasteiger partial charge in [0.15, 0.2) is 4.90 Å². The van der Waals surface area contributed by atoms with Crippen molar-refractivity contribution in [3.63, 3.8) is 0 Å². The minimum Gasteiger partial charge on any atom is -0.314 e. The molecule has 1 aliphatic rings. The molecule has 21 heavy (non-hydrogen) atoms. The third-order valence-electron chi connectivity index (χ3n) is 3.44. The highest BCUT2D eigenvalue weighted by molar-refractivity contribution is 7.89. The summed E-state index contributed by atoms with van der Waals surface area (Å²) in [6.07, 6.45) is 0. The smallest absolute Gasteiger partial charge is 0.314 e. The number of nitrogens with zero attached hydrogens (tertiary/aromatic N) is 2. The van der Waals surface area contributed by atoms with Crippen LogP contribution in [0.3, 0.4) is 0 Å². The molecule has 116 valence electrons. The van der Waals surface area contributed by atoms with Crippen LogP contribution in [-0.2, 0) is 10.0 Å². The maximum absolute atomic E-state index is 13.7. The van der Waals surface area contributed by atoms with Crippen molar-refractivity contribution in [3.05, 3.63) is 34.1 Å². The zero-order valence-corrected chi connectivity index (χ0v) is 12.4. The average molecular weight is 317 g/mol. The van der Waals surface area contributed by atoms with Gasteiger partial charge in [-0.05, 0) is 26.0 Å². The molecular weight excluding hydrogens is 301 g/mol. The SMILES string of the molecule is CC1CNCC(C)N1S(=O)(=O)c1cccc(F)c1[N+](=O)[O-]. The van der Waals surface area contributed by atoms with E-state index >= 15 is 0 Å². The van der Waals surface area contributed by atoms with E-state index in [0.29, 0.717) is 13.1 Å². The highest BCUT2D eigenvalue weighted by Gasteiger charge is 2.40. The minimum atomic E-state index is -4.15. The zero-order valence-electron chi connectivity index (χ0n) is 11.6. The third-order valence-corrected chi connectivity index (χ3v) is 5.60. The summed E-state index contributed by atoms with van der Waals surface area (Å²) in [5.74, 6) is -1.16. The predicted molar refractivity (Wildman–Crippen MR) is 73.9 cm³/mol. The summed E-state index contributed by atoms with van der Waals surface area (Å²) in [4.78, 5) is 9.40. The summed E-state index contributed by atoms with van der Waals surface area (Å²) in [5.41, 5.74) is -1.00. The Bertz CT molecular complexity index is 654. The van der Waals surface area contributed by atoms with Gasteiger partial charge in [-0.25, -0.2) is 8.42 Å². The number of rotatable bonds is 3. The number of nitrogens with one attached hydrogen (secondary N) is 1.